The normalized spacial score (nSPS) is 29.0. The second kappa shape index (κ2) is 6.05. The van der Waals surface area contributed by atoms with Crippen molar-refractivity contribution in [3.8, 4) is 0 Å². The zero-order chi connectivity index (χ0) is 16.7. The summed E-state index contributed by atoms with van der Waals surface area (Å²) >= 11 is 0. The van der Waals surface area contributed by atoms with Gasteiger partial charge in [-0.1, -0.05) is 0 Å². The summed E-state index contributed by atoms with van der Waals surface area (Å²) in [5, 5.41) is 19.8. The fourth-order valence-electron chi connectivity index (χ4n) is 2.03. The molecule has 22 heavy (non-hydrogen) atoms. The highest BCUT2D eigenvalue weighted by molar-refractivity contribution is 7.46. The predicted octanol–water partition coefficient (Wildman–Crippen LogP) is -2.14. The van der Waals surface area contributed by atoms with Gasteiger partial charge in [-0.05, 0) is 6.92 Å². The molecule has 0 saturated carbocycles. The molecule has 2 rings (SSSR count). The van der Waals surface area contributed by atoms with Gasteiger partial charge in [-0.3, -0.25) is 9.09 Å². The van der Waals surface area contributed by atoms with Crippen molar-refractivity contribution < 1.29 is 33.8 Å². The first-order valence-electron chi connectivity index (χ1n) is 6.17. The van der Waals surface area contributed by atoms with Crippen molar-refractivity contribution in [2.24, 2.45) is 0 Å². The van der Waals surface area contributed by atoms with Gasteiger partial charge in [-0.2, -0.15) is 4.98 Å². The van der Waals surface area contributed by atoms with Gasteiger partial charge in [0.2, 0.25) is 0 Å². The maximum absolute atomic E-state index is 11.8. The van der Waals surface area contributed by atoms with Gasteiger partial charge in [0.1, 0.15) is 24.1 Å². The number of aryl methyl sites for hydroxylation is 1. The van der Waals surface area contributed by atoms with Crippen molar-refractivity contribution in [1.82, 2.24) is 9.55 Å². The number of aliphatic hydroxyl groups is 2. The Morgan fingerprint density at radius 3 is 2.68 bits per heavy atom. The summed E-state index contributed by atoms with van der Waals surface area (Å²) in [5.74, 6) is 0.0238. The molecule has 1 fully saturated rings. The Hall–Kier alpha value is -1.33. The van der Waals surface area contributed by atoms with E-state index in [1.54, 1.807) is 6.92 Å². The number of hydrogen-bond acceptors (Lipinski definition) is 8. The minimum atomic E-state index is -4.75. The summed E-state index contributed by atoms with van der Waals surface area (Å²) in [6.07, 6.45) is -4.21. The van der Waals surface area contributed by atoms with Crippen LogP contribution in [0, 0.1) is 6.92 Å². The average Bonchev–Trinajstić information content (AvgIpc) is 2.68. The maximum atomic E-state index is 11.8. The highest BCUT2D eigenvalue weighted by Gasteiger charge is 2.45. The van der Waals surface area contributed by atoms with E-state index < -0.39 is 44.7 Å². The number of phosphoric acid groups is 1. The zero-order valence-corrected chi connectivity index (χ0v) is 12.3. The Bertz CT molecular complexity index is 658. The number of nitrogens with zero attached hydrogens (tertiary/aromatic N) is 2. The lowest BCUT2D eigenvalue weighted by atomic mass is 10.1. The molecule has 4 atom stereocenters. The molecular formula is C10H16N3O8P. The monoisotopic (exact) mass is 337 g/mol. The van der Waals surface area contributed by atoms with Crippen LogP contribution in [0.25, 0.3) is 0 Å². The third-order valence-electron chi connectivity index (χ3n) is 3.19. The van der Waals surface area contributed by atoms with Crippen molar-refractivity contribution >= 4 is 13.6 Å². The molecule has 0 amide bonds. The highest BCUT2D eigenvalue weighted by atomic mass is 31.2. The largest absolute Gasteiger partial charge is 0.469 e. The SMILES string of the molecule is Cc1cn([C@@H]2OC(COP(=O)(O)O)C(O)[C@H]2O)c(=O)nc1N. The number of anilines is 1. The summed E-state index contributed by atoms with van der Waals surface area (Å²) in [7, 11) is -4.75. The molecule has 124 valence electrons. The first-order valence-corrected chi connectivity index (χ1v) is 7.70. The van der Waals surface area contributed by atoms with Crippen LogP contribution in [0.3, 0.4) is 0 Å². The lowest BCUT2D eigenvalue weighted by Gasteiger charge is -2.18. The van der Waals surface area contributed by atoms with Crippen LogP contribution in [-0.2, 0) is 13.8 Å². The number of ether oxygens (including phenoxy) is 1. The fourth-order valence-corrected chi connectivity index (χ4v) is 2.37. The van der Waals surface area contributed by atoms with Gasteiger partial charge < -0.3 is 30.5 Å². The molecule has 12 heteroatoms. The van der Waals surface area contributed by atoms with Crippen LogP contribution in [0.1, 0.15) is 11.8 Å². The number of aromatic nitrogens is 2. The summed E-state index contributed by atoms with van der Waals surface area (Å²) in [6, 6.07) is 0. The van der Waals surface area contributed by atoms with Crippen molar-refractivity contribution in [2.45, 2.75) is 31.5 Å². The fraction of sp³-hybridized carbons (Fsp3) is 0.600. The molecule has 0 aliphatic carbocycles. The molecule has 6 N–H and O–H groups in total. The molecule has 0 spiro atoms. The molecular weight excluding hydrogens is 321 g/mol. The molecule has 1 aliphatic heterocycles. The number of aliphatic hydroxyl groups excluding tert-OH is 2. The first-order chi connectivity index (χ1) is 10.1. The average molecular weight is 337 g/mol. The third kappa shape index (κ3) is 3.52. The summed E-state index contributed by atoms with van der Waals surface area (Å²) in [6.45, 7) is 0.930. The van der Waals surface area contributed by atoms with Crippen LogP contribution >= 0.6 is 7.82 Å². The number of rotatable bonds is 4. The molecule has 1 aromatic heterocycles. The molecule has 0 aromatic carbocycles. The standard InChI is InChI=1S/C10H16N3O8P/c1-4-2-13(10(16)12-8(4)11)9-7(15)6(14)5(21-9)3-20-22(17,18)19/h2,5-7,9,14-15H,3H2,1H3,(H2,11,12,16)(H2,17,18,19)/t5?,6?,7-,9-/m1/s1. The van der Waals surface area contributed by atoms with Crippen molar-refractivity contribution in [3.63, 3.8) is 0 Å². The smallest absolute Gasteiger partial charge is 0.387 e. The number of phosphoric ester groups is 1. The molecule has 2 heterocycles. The topological polar surface area (TPSA) is 177 Å². The van der Waals surface area contributed by atoms with Crippen LogP contribution < -0.4 is 11.4 Å². The Morgan fingerprint density at radius 1 is 1.45 bits per heavy atom. The van der Waals surface area contributed by atoms with Crippen LogP contribution in [0.2, 0.25) is 0 Å². The van der Waals surface area contributed by atoms with E-state index in [4.69, 9.17) is 20.3 Å². The van der Waals surface area contributed by atoms with Gasteiger partial charge >= 0.3 is 13.5 Å². The Kier molecular flexibility index (Phi) is 4.68. The maximum Gasteiger partial charge on any atom is 0.469 e. The van der Waals surface area contributed by atoms with Gasteiger partial charge in [-0.25, -0.2) is 9.36 Å². The van der Waals surface area contributed by atoms with Crippen molar-refractivity contribution in [3.05, 3.63) is 22.2 Å². The van der Waals surface area contributed by atoms with Gasteiger partial charge in [0.25, 0.3) is 0 Å². The molecule has 1 saturated heterocycles. The second-order valence-electron chi connectivity index (χ2n) is 4.83. The lowest BCUT2D eigenvalue weighted by Crippen LogP contribution is -2.36. The Labute approximate surface area is 124 Å². The summed E-state index contributed by atoms with van der Waals surface area (Å²) in [4.78, 5) is 32.6. The van der Waals surface area contributed by atoms with E-state index in [0.29, 0.717) is 5.56 Å². The minimum Gasteiger partial charge on any atom is -0.387 e. The lowest BCUT2D eigenvalue weighted by molar-refractivity contribution is -0.0542. The molecule has 11 nitrogen and oxygen atoms in total. The minimum absolute atomic E-state index is 0.0238. The van der Waals surface area contributed by atoms with Crippen LogP contribution in [0.4, 0.5) is 5.82 Å². The van der Waals surface area contributed by atoms with E-state index in [2.05, 4.69) is 9.51 Å². The van der Waals surface area contributed by atoms with Gasteiger partial charge in [-0.15, -0.1) is 0 Å². The summed E-state index contributed by atoms with van der Waals surface area (Å²) in [5.41, 5.74) is 5.15. The number of nitrogen functional groups attached to an aromatic ring is 1. The Morgan fingerprint density at radius 2 is 2.09 bits per heavy atom. The van der Waals surface area contributed by atoms with Crippen LogP contribution in [0.15, 0.2) is 11.0 Å². The van der Waals surface area contributed by atoms with E-state index in [1.807, 2.05) is 0 Å². The summed E-state index contributed by atoms with van der Waals surface area (Å²) < 4.78 is 21.1. The van der Waals surface area contributed by atoms with Crippen molar-refractivity contribution in [1.29, 1.82) is 0 Å². The van der Waals surface area contributed by atoms with E-state index in [1.165, 1.54) is 6.20 Å². The Balaban J connectivity index is 2.22. The van der Waals surface area contributed by atoms with E-state index in [-0.39, 0.29) is 5.82 Å². The first kappa shape index (κ1) is 17.0. The third-order valence-corrected chi connectivity index (χ3v) is 3.68. The molecule has 2 unspecified atom stereocenters. The van der Waals surface area contributed by atoms with Crippen molar-refractivity contribution in [2.75, 3.05) is 12.3 Å². The highest BCUT2D eigenvalue weighted by Crippen LogP contribution is 2.38. The molecule has 1 aliphatic rings. The molecule has 0 bridgehead atoms. The molecule has 0 radical (unpaired) electrons. The molecule has 1 aromatic rings. The van der Waals surface area contributed by atoms with Gasteiger partial charge in [0.15, 0.2) is 6.23 Å². The zero-order valence-electron chi connectivity index (χ0n) is 11.4. The quantitative estimate of drug-likeness (QED) is 0.381. The van der Waals surface area contributed by atoms with E-state index in [9.17, 15) is 19.6 Å². The van der Waals surface area contributed by atoms with E-state index in [0.717, 1.165) is 4.57 Å². The van der Waals surface area contributed by atoms with Gasteiger partial charge in [0.05, 0.1) is 6.61 Å². The number of nitrogens with two attached hydrogens (primary N) is 1. The van der Waals surface area contributed by atoms with E-state index >= 15 is 0 Å². The van der Waals surface area contributed by atoms with Crippen LogP contribution in [0.5, 0.6) is 0 Å². The van der Waals surface area contributed by atoms with Crippen LogP contribution in [-0.4, -0.2) is 54.5 Å². The number of hydrogen-bond donors (Lipinski definition) is 5. The predicted molar refractivity (Wildman–Crippen MR) is 71.6 cm³/mol. The second-order valence-corrected chi connectivity index (χ2v) is 6.07. The van der Waals surface area contributed by atoms with Gasteiger partial charge in [0, 0.05) is 11.8 Å².